The molecule has 0 unspecified atom stereocenters. The third-order valence-electron chi connectivity index (χ3n) is 4.04. The number of benzene rings is 3. The second kappa shape index (κ2) is 7.60. The summed E-state index contributed by atoms with van der Waals surface area (Å²) in [6.07, 6.45) is -0.367. The number of carbonyl (C=O) groups is 1. The molecular weight excluding hydrogens is 296 g/mol. The van der Waals surface area contributed by atoms with E-state index < -0.39 is 0 Å². The first-order valence-corrected chi connectivity index (χ1v) is 8.08. The van der Waals surface area contributed by atoms with Crippen molar-refractivity contribution in [2.24, 2.45) is 0 Å². The van der Waals surface area contributed by atoms with Gasteiger partial charge in [0.1, 0.15) is 6.10 Å². The molecule has 0 heterocycles. The third-order valence-corrected chi connectivity index (χ3v) is 4.04. The summed E-state index contributed by atoms with van der Waals surface area (Å²) in [6, 6.07) is 30.3. The largest absolute Gasteiger partial charge is 0.457 e. The Morgan fingerprint density at radius 2 is 1.04 bits per heavy atom. The van der Waals surface area contributed by atoms with Crippen LogP contribution in [0.4, 0.5) is 0 Å². The Morgan fingerprint density at radius 3 is 1.42 bits per heavy atom. The van der Waals surface area contributed by atoms with Crippen LogP contribution in [0.25, 0.3) is 0 Å². The first-order valence-electron chi connectivity index (χ1n) is 8.08. The molecule has 0 bridgehead atoms. The van der Waals surface area contributed by atoms with E-state index in [0.29, 0.717) is 0 Å². The Kier molecular flexibility index (Phi) is 5.07. The molecule has 0 amide bonds. The average Bonchev–Trinajstić information content (AvgIpc) is 2.63. The Hall–Kier alpha value is -2.87. The van der Waals surface area contributed by atoms with Gasteiger partial charge < -0.3 is 4.74 Å². The molecule has 0 aliphatic heterocycles. The minimum absolute atomic E-state index is 0.0568. The molecule has 0 spiro atoms. The van der Waals surface area contributed by atoms with E-state index in [-0.39, 0.29) is 18.0 Å². The van der Waals surface area contributed by atoms with Crippen LogP contribution >= 0.6 is 0 Å². The van der Waals surface area contributed by atoms with Crippen LogP contribution in [0, 0.1) is 0 Å². The van der Waals surface area contributed by atoms with Gasteiger partial charge in [0.2, 0.25) is 0 Å². The van der Waals surface area contributed by atoms with Crippen molar-refractivity contribution < 1.29 is 9.53 Å². The topological polar surface area (TPSA) is 26.3 Å². The van der Waals surface area contributed by atoms with Crippen LogP contribution in [0.2, 0.25) is 0 Å². The van der Waals surface area contributed by atoms with Gasteiger partial charge in [-0.1, -0.05) is 91.0 Å². The van der Waals surface area contributed by atoms with Gasteiger partial charge in [-0.2, -0.15) is 0 Å². The van der Waals surface area contributed by atoms with E-state index in [2.05, 4.69) is 24.3 Å². The quantitative estimate of drug-likeness (QED) is 0.610. The van der Waals surface area contributed by atoms with Crippen molar-refractivity contribution in [3.8, 4) is 0 Å². The van der Waals surface area contributed by atoms with Crippen molar-refractivity contribution in [3.05, 3.63) is 108 Å². The molecule has 0 aromatic heterocycles. The molecule has 0 saturated carbocycles. The minimum Gasteiger partial charge on any atom is -0.457 e. The summed E-state index contributed by atoms with van der Waals surface area (Å²) in [5.74, 6) is -0.334. The number of rotatable bonds is 5. The van der Waals surface area contributed by atoms with Crippen LogP contribution < -0.4 is 0 Å². The highest BCUT2D eigenvalue weighted by Gasteiger charge is 2.28. The summed E-state index contributed by atoms with van der Waals surface area (Å²) < 4.78 is 5.77. The molecule has 3 rings (SSSR count). The molecule has 0 aliphatic carbocycles. The Balaban J connectivity index is 2.12. The molecule has 2 heteroatoms. The van der Waals surface area contributed by atoms with E-state index >= 15 is 0 Å². The molecule has 0 fully saturated rings. The van der Waals surface area contributed by atoms with Crippen molar-refractivity contribution in [3.63, 3.8) is 0 Å². The van der Waals surface area contributed by atoms with Crippen LogP contribution in [0.5, 0.6) is 0 Å². The zero-order valence-corrected chi connectivity index (χ0v) is 13.6. The predicted molar refractivity (Wildman–Crippen MR) is 95.7 cm³/mol. The molecule has 1 atom stereocenters. The summed E-state index contributed by atoms with van der Waals surface area (Å²) in [4.78, 5) is 11.8. The molecule has 0 aliphatic rings. The minimum atomic E-state index is -0.367. The zero-order valence-electron chi connectivity index (χ0n) is 13.6. The van der Waals surface area contributed by atoms with Crippen LogP contribution in [-0.4, -0.2) is 5.97 Å². The Morgan fingerprint density at radius 1 is 0.667 bits per heavy atom. The molecule has 120 valence electrons. The molecular formula is C22H20O2. The van der Waals surface area contributed by atoms with Crippen molar-refractivity contribution in [1.82, 2.24) is 0 Å². The van der Waals surface area contributed by atoms with Crippen molar-refractivity contribution >= 4 is 5.97 Å². The van der Waals surface area contributed by atoms with Gasteiger partial charge >= 0.3 is 5.97 Å². The van der Waals surface area contributed by atoms with Gasteiger partial charge in [-0.3, -0.25) is 4.79 Å². The number of hydrogen-bond acceptors (Lipinski definition) is 2. The average molecular weight is 316 g/mol. The second-order valence-corrected chi connectivity index (χ2v) is 5.74. The molecule has 3 aromatic carbocycles. The SMILES string of the molecule is CC(=O)O[C@H](c1ccccc1)C(c1ccccc1)c1ccccc1. The molecule has 0 N–H and O–H groups in total. The predicted octanol–water partition coefficient (Wildman–Crippen LogP) is 5.12. The van der Waals surface area contributed by atoms with Gasteiger partial charge in [0.15, 0.2) is 0 Å². The van der Waals surface area contributed by atoms with Gasteiger partial charge in [0.25, 0.3) is 0 Å². The lowest BCUT2D eigenvalue weighted by molar-refractivity contribution is -0.147. The molecule has 0 radical (unpaired) electrons. The van der Waals surface area contributed by atoms with E-state index in [1.165, 1.54) is 6.92 Å². The van der Waals surface area contributed by atoms with E-state index in [1.807, 2.05) is 66.7 Å². The molecule has 0 saturated heterocycles. The first-order chi connectivity index (χ1) is 11.8. The normalized spacial score (nSPS) is 11.9. The van der Waals surface area contributed by atoms with Crippen LogP contribution in [0.15, 0.2) is 91.0 Å². The van der Waals surface area contributed by atoms with E-state index in [4.69, 9.17) is 4.74 Å². The fourth-order valence-corrected chi connectivity index (χ4v) is 3.01. The fraction of sp³-hybridized carbons (Fsp3) is 0.136. The monoisotopic (exact) mass is 316 g/mol. The highest BCUT2D eigenvalue weighted by atomic mass is 16.5. The van der Waals surface area contributed by atoms with Crippen LogP contribution in [-0.2, 0) is 9.53 Å². The lowest BCUT2D eigenvalue weighted by atomic mass is 9.83. The number of esters is 1. The summed E-state index contributed by atoms with van der Waals surface area (Å²) >= 11 is 0. The Labute approximate surface area is 142 Å². The maximum Gasteiger partial charge on any atom is 0.303 e. The maximum atomic E-state index is 11.8. The number of carbonyl (C=O) groups excluding carboxylic acids is 1. The van der Waals surface area contributed by atoms with Crippen molar-refractivity contribution in [1.29, 1.82) is 0 Å². The molecule has 2 nitrogen and oxygen atoms in total. The third kappa shape index (κ3) is 3.72. The lowest BCUT2D eigenvalue weighted by Crippen LogP contribution is -2.18. The lowest BCUT2D eigenvalue weighted by Gasteiger charge is -2.28. The van der Waals surface area contributed by atoms with Gasteiger partial charge in [-0.25, -0.2) is 0 Å². The number of hydrogen-bond donors (Lipinski definition) is 0. The van der Waals surface area contributed by atoms with Gasteiger partial charge in [0, 0.05) is 6.92 Å². The van der Waals surface area contributed by atoms with Crippen LogP contribution in [0.1, 0.15) is 35.6 Å². The highest BCUT2D eigenvalue weighted by Crippen LogP contribution is 2.39. The van der Waals surface area contributed by atoms with E-state index in [1.54, 1.807) is 0 Å². The van der Waals surface area contributed by atoms with Crippen molar-refractivity contribution in [2.45, 2.75) is 18.9 Å². The fourth-order valence-electron chi connectivity index (χ4n) is 3.01. The maximum absolute atomic E-state index is 11.8. The molecule has 3 aromatic rings. The Bertz CT molecular complexity index is 727. The highest BCUT2D eigenvalue weighted by molar-refractivity contribution is 5.66. The summed E-state index contributed by atoms with van der Waals surface area (Å²) in [7, 11) is 0. The summed E-state index contributed by atoms with van der Waals surface area (Å²) in [5, 5.41) is 0. The van der Waals surface area contributed by atoms with Crippen LogP contribution in [0.3, 0.4) is 0 Å². The first kappa shape index (κ1) is 16.0. The second-order valence-electron chi connectivity index (χ2n) is 5.74. The van der Waals surface area contributed by atoms with Gasteiger partial charge in [-0.05, 0) is 16.7 Å². The standard InChI is InChI=1S/C22H20O2/c1-17(23)24-22(20-15-9-4-10-16-20)21(18-11-5-2-6-12-18)19-13-7-3-8-14-19/h2-16,21-22H,1H3/t22-/m1/s1. The summed E-state index contributed by atoms with van der Waals surface area (Å²) in [6.45, 7) is 1.46. The number of ether oxygens (including phenoxy) is 1. The summed E-state index contributed by atoms with van der Waals surface area (Å²) in [5.41, 5.74) is 3.24. The van der Waals surface area contributed by atoms with E-state index in [0.717, 1.165) is 16.7 Å². The van der Waals surface area contributed by atoms with E-state index in [9.17, 15) is 4.79 Å². The smallest absolute Gasteiger partial charge is 0.303 e. The molecule has 24 heavy (non-hydrogen) atoms. The van der Waals surface area contributed by atoms with Gasteiger partial charge in [0.05, 0.1) is 5.92 Å². The van der Waals surface area contributed by atoms with Crippen molar-refractivity contribution in [2.75, 3.05) is 0 Å². The van der Waals surface area contributed by atoms with Gasteiger partial charge in [-0.15, -0.1) is 0 Å². The zero-order chi connectivity index (χ0) is 16.8.